The number of ketones is 2. The van der Waals surface area contributed by atoms with Gasteiger partial charge in [-0.2, -0.15) is 0 Å². The van der Waals surface area contributed by atoms with Crippen LogP contribution in [0.2, 0.25) is 17.3 Å². The average molecular weight is 426 g/mol. The molecule has 2 radical (unpaired) electrons. The minimum atomic E-state index is -0.333. The Balaban J connectivity index is 0.000000319. The summed E-state index contributed by atoms with van der Waals surface area (Å²) in [4.78, 5) is 30.5. The summed E-state index contributed by atoms with van der Waals surface area (Å²) in [7, 11) is 0. The van der Waals surface area contributed by atoms with Crippen molar-refractivity contribution >= 4 is 43.9 Å². The van der Waals surface area contributed by atoms with Crippen LogP contribution in [0.25, 0.3) is 0 Å². The molecule has 0 N–H and O–H groups in total. The van der Waals surface area contributed by atoms with Crippen molar-refractivity contribution < 1.29 is 9.59 Å². The van der Waals surface area contributed by atoms with E-state index in [0.29, 0.717) is 17.1 Å². The number of hydrogen-bond donors (Lipinski definition) is 0. The van der Waals surface area contributed by atoms with Gasteiger partial charge in [-0.15, -0.1) is 0 Å². The molecule has 0 saturated carbocycles. The number of allylic oxidation sites excluding steroid dienone is 1. The number of hydrogen-bond acceptors (Lipinski definition) is 5. The molecule has 4 aliphatic rings. The number of nitrogens with zero attached hydrogens (tertiary/aromatic N) is 3. The van der Waals surface area contributed by atoms with Gasteiger partial charge in [0.2, 0.25) is 11.6 Å². The van der Waals surface area contributed by atoms with Gasteiger partial charge >= 0.3 is 49.6 Å². The summed E-state index contributed by atoms with van der Waals surface area (Å²) in [6.45, 7) is 5.41. The Morgan fingerprint density at radius 3 is 1.64 bits per heavy atom. The first kappa shape index (κ1) is 17.7. The molecule has 0 unspecified atom stereocenters. The van der Waals surface area contributed by atoms with Crippen molar-refractivity contribution in [3.05, 3.63) is 23.2 Å². The SMILES string of the molecule is O=C1C=C(N2CC2)C(=O)C(N2CC2)=C1N1CC1.[AsH2].[CH3][Ge]([CH3])[CH3]. The van der Waals surface area contributed by atoms with Crippen LogP contribution in [0.5, 0.6) is 0 Å². The van der Waals surface area contributed by atoms with Crippen molar-refractivity contribution in [3.63, 3.8) is 0 Å². The van der Waals surface area contributed by atoms with Crippen LogP contribution in [0.15, 0.2) is 23.2 Å². The predicted molar refractivity (Wildman–Crippen MR) is 91.7 cm³/mol. The molecule has 0 amide bonds. The van der Waals surface area contributed by atoms with Gasteiger partial charge in [0.25, 0.3) is 0 Å². The Hall–Kier alpha value is -0.679. The van der Waals surface area contributed by atoms with Crippen LogP contribution in [-0.2, 0) is 9.59 Å². The van der Waals surface area contributed by atoms with Crippen LogP contribution in [0, 0.1) is 0 Å². The van der Waals surface area contributed by atoms with Gasteiger partial charge in [0.05, 0.1) is 5.70 Å². The third-order valence-electron chi connectivity index (χ3n) is 3.49. The Kier molecular flexibility index (Phi) is 5.49. The standard InChI is InChI=1S/C12H13N3O2.C3H9Ge.AsH2/c16-9-7-8(13-1-2-13)12(17)11(15-5-6-15)10(9)14-3-4-14;1-4(2)3;/h7H,1-6H2;1-3H3;1H2. The second-order valence-corrected chi connectivity index (χ2v) is 12.7. The fourth-order valence-corrected chi connectivity index (χ4v) is 2.28. The molecule has 3 saturated heterocycles. The number of rotatable bonds is 3. The molecule has 0 bridgehead atoms. The average Bonchev–Trinajstić information content (AvgIpc) is 3.26. The Labute approximate surface area is 147 Å². The van der Waals surface area contributed by atoms with Gasteiger partial charge in [-0.1, -0.05) is 0 Å². The second-order valence-electron chi connectivity index (χ2n) is 6.38. The molecule has 1 aliphatic carbocycles. The van der Waals surface area contributed by atoms with Gasteiger partial charge in [0.1, 0.15) is 11.4 Å². The monoisotopic (exact) mass is 427 g/mol. The van der Waals surface area contributed by atoms with Gasteiger partial charge in [0.15, 0.2) is 0 Å². The first-order valence-electron chi connectivity index (χ1n) is 7.55. The summed E-state index contributed by atoms with van der Waals surface area (Å²) in [6, 6.07) is 0. The van der Waals surface area contributed by atoms with Crippen LogP contribution in [0.1, 0.15) is 0 Å². The fraction of sp³-hybridized carbons (Fsp3) is 0.600. The van der Waals surface area contributed by atoms with E-state index >= 15 is 0 Å². The molecule has 3 fully saturated rings. The molecular weight excluding hydrogens is 402 g/mol. The third-order valence-corrected chi connectivity index (χ3v) is 3.49. The van der Waals surface area contributed by atoms with Crippen molar-refractivity contribution in [2.45, 2.75) is 17.3 Å². The van der Waals surface area contributed by atoms with Crippen LogP contribution >= 0.6 is 0 Å². The summed E-state index contributed by atoms with van der Waals surface area (Å²) in [5.74, 6) is 7.05. The van der Waals surface area contributed by atoms with Gasteiger partial charge in [-0.05, 0) is 0 Å². The molecule has 0 spiro atoms. The van der Waals surface area contributed by atoms with Crippen molar-refractivity contribution in [2.24, 2.45) is 0 Å². The van der Waals surface area contributed by atoms with Gasteiger partial charge in [0, 0.05) is 45.3 Å². The van der Waals surface area contributed by atoms with E-state index < -0.39 is 0 Å². The fourth-order valence-electron chi connectivity index (χ4n) is 2.28. The first-order chi connectivity index (χ1) is 9.99. The predicted octanol–water partition coefficient (Wildman–Crippen LogP) is -0.365. The van der Waals surface area contributed by atoms with Crippen LogP contribution in [0.3, 0.4) is 0 Å². The molecule has 0 aromatic heterocycles. The zero-order valence-corrected chi connectivity index (χ0v) is 18.1. The Morgan fingerprint density at radius 2 is 1.23 bits per heavy atom. The molecule has 120 valence electrons. The maximum atomic E-state index is 12.4. The van der Waals surface area contributed by atoms with Crippen molar-refractivity contribution in [1.29, 1.82) is 0 Å². The Bertz CT molecular complexity index is 544. The molecule has 0 aromatic carbocycles. The molecule has 22 heavy (non-hydrogen) atoms. The zero-order chi connectivity index (χ0) is 15.1. The molecule has 4 rings (SSSR count). The molecule has 5 nitrogen and oxygen atoms in total. The maximum absolute atomic E-state index is 12.4. The van der Waals surface area contributed by atoms with E-state index in [1.807, 2.05) is 14.7 Å². The van der Waals surface area contributed by atoms with E-state index in [-0.39, 0.29) is 43.9 Å². The van der Waals surface area contributed by atoms with E-state index in [9.17, 15) is 9.59 Å². The van der Waals surface area contributed by atoms with E-state index in [4.69, 9.17) is 0 Å². The number of Topliss-reactive ketones (excluding diaryl/α,β-unsaturated/α-hetero) is 1. The summed E-state index contributed by atoms with van der Waals surface area (Å²) >= 11 is -0.333. The van der Waals surface area contributed by atoms with Crippen LogP contribution in [0.4, 0.5) is 0 Å². The van der Waals surface area contributed by atoms with Crippen LogP contribution < -0.4 is 0 Å². The zero-order valence-electron chi connectivity index (χ0n) is 13.6. The molecule has 3 heterocycles. The van der Waals surface area contributed by atoms with Crippen LogP contribution in [-0.4, -0.2) is 97.8 Å². The molecule has 0 atom stereocenters. The van der Waals surface area contributed by atoms with E-state index in [1.165, 1.54) is 6.08 Å². The summed E-state index contributed by atoms with van der Waals surface area (Å²) < 4.78 is 0. The van der Waals surface area contributed by atoms with Gasteiger partial charge in [-0.3, -0.25) is 9.59 Å². The number of carbonyl (C=O) groups is 2. The molecule has 0 aromatic rings. The first-order valence-corrected chi connectivity index (χ1v) is 13.8. The Morgan fingerprint density at radius 1 is 0.818 bits per heavy atom. The van der Waals surface area contributed by atoms with E-state index in [2.05, 4.69) is 17.3 Å². The van der Waals surface area contributed by atoms with E-state index in [0.717, 1.165) is 39.3 Å². The quantitative estimate of drug-likeness (QED) is 0.351. The van der Waals surface area contributed by atoms with Gasteiger partial charge < -0.3 is 14.7 Å². The van der Waals surface area contributed by atoms with E-state index in [1.54, 1.807) is 0 Å². The molecule has 7 heteroatoms. The van der Waals surface area contributed by atoms with Gasteiger partial charge in [-0.25, -0.2) is 0 Å². The second kappa shape index (κ2) is 6.83. The summed E-state index contributed by atoms with van der Waals surface area (Å²) in [5, 5.41) is 0. The summed E-state index contributed by atoms with van der Waals surface area (Å²) in [5.41, 5.74) is 1.89. The van der Waals surface area contributed by atoms with Crippen molar-refractivity contribution in [1.82, 2.24) is 14.7 Å². The molecule has 3 aliphatic heterocycles. The third kappa shape index (κ3) is 3.99. The number of carbonyl (C=O) groups excluding carboxylic acids is 2. The normalized spacial score (nSPS) is 22.2. The van der Waals surface area contributed by atoms with Crippen molar-refractivity contribution in [3.8, 4) is 0 Å². The molecular formula is C15H24AsGeN3O2. The topological polar surface area (TPSA) is 43.2 Å². The van der Waals surface area contributed by atoms with Crippen molar-refractivity contribution in [2.75, 3.05) is 39.3 Å². The minimum absolute atomic E-state index is 0. The summed E-state index contributed by atoms with van der Waals surface area (Å²) in [6.07, 6.45) is 1.52.